The Morgan fingerprint density at radius 2 is 1.95 bits per heavy atom. The number of amidine groups is 1. The molecule has 0 unspecified atom stereocenters. The first-order chi connectivity index (χ1) is 8.73. The monoisotopic (exact) mass is 273 g/mol. The Morgan fingerprint density at radius 3 is 2.37 bits per heavy atom. The zero-order chi connectivity index (χ0) is 14.7. The van der Waals surface area contributed by atoms with E-state index in [4.69, 9.17) is 20.4 Å². The SMILES string of the molecule is CN(C(=O)OC(C)(C)C)C1(C(N)=NO)CCOCC1. The lowest BCUT2D eigenvalue weighted by Crippen LogP contribution is -2.61. The van der Waals surface area contributed by atoms with Crippen molar-refractivity contribution in [3.63, 3.8) is 0 Å². The van der Waals surface area contributed by atoms with Crippen LogP contribution in [-0.4, -0.2) is 53.4 Å². The highest BCUT2D eigenvalue weighted by Gasteiger charge is 2.44. The van der Waals surface area contributed by atoms with E-state index in [9.17, 15) is 4.79 Å². The van der Waals surface area contributed by atoms with Crippen LogP contribution < -0.4 is 5.73 Å². The standard InChI is InChI=1S/C12H23N3O4/c1-11(2,3)19-10(16)15(4)12(9(13)14-17)5-7-18-8-6-12/h17H,5-8H2,1-4H3,(H2,13,14). The van der Waals surface area contributed by atoms with Crippen LogP contribution in [0, 0.1) is 0 Å². The largest absolute Gasteiger partial charge is 0.444 e. The molecule has 0 aromatic carbocycles. The van der Waals surface area contributed by atoms with Gasteiger partial charge in [0.25, 0.3) is 0 Å². The van der Waals surface area contributed by atoms with Gasteiger partial charge in [-0.2, -0.15) is 0 Å². The Morgan fingerprint density at radius 1 is 1.42 bits per heavy atom. The van der Waals surface area contributed by atoms with E-state index >= 15 is 0 Å². The van der Waals surface area contributed by atoms with Crippen LogP contribution in [0.15, 0.2) is 5.16 Å². The minimum Gasteiger partial charge on any atom is -0.444 e. The fourth-order valence-electron chi connectivity index (χ4n) is 2.07. The van der Waals surface area contributed by atoms with Gasteiger partial charge in [0.1, 0.15) is 11.1 Å². The summed E-state index contributed by atoms with van der Waals surface area (Å²) in [4.78, 5) is 13.6. The summed E-state index contributed by atoms with van der Waals surface area (Å²) in [5, 5.41) is 12.0. The Balaban J connectivity index is 2.95. The molecule has 1 fully saturated rings. The number of nitrogens with two attached hydrogens (primary N) is 1. The molecule has 0 aromatic rings. The lowest BCUT2D eigenvalue weighted by Gasteiger charge is -2.43. The summed E-state index contributed by atoms with van der Waals surface area (Å²) < 4.78 is 10.6. The molecule has 0 aromatic heterocycles. The third kappa shape index (κ3) is 3.50. The van der Waals surface area contributed by atoms with Crippen LogP contribution in [0.25, 0.3) is 0 Å². The van der Waals surface area contributed by atoms with Crippen LogP contribution in [0.3, 0.4) is 0 Å². The normalized spacial score (nSPS) is 19.9. The molecule has 19 heavy (non-hydrogen) atoms. The van der Waals surface area contributed by atoms with Gasteiger partial charge in [0, 0.05) is 33.1 Å². The van der Waals surface area contributed by atoms with Crippen molar-refractivity contribution < 1.29 is 19.5 Å². The maximum atomic E-state index is 12.2. The summed E-state index contributed by atoms with van der Waals surface area (Å²) in [7, 11) is 1.59. The average Bonchev–Trinajstić information content (AvgIpc) is 2.35. The second kappa shape index (κ2) is 5.64. The topological polar surface area (TPSA) is 97.4 Å². The molecule has 7 nitrogen and oxygen atoms in total. The molecule has 0 aliphatic carbocycles. The number of carbonyl (C=O) groups excluding carboxylic acids is 1. The highest BCUT2D eigenvalue weighted by Crippen LogP contribution is 2.28. The van der Waals surface area contributed by atoms with Gasteiger partial charge in [-0.15, -0.1) is 0 Å². The van der Waals surface area contributed by atoms with Crippen molar-refractivity contribution in [2.75, 3.05) is 20.3 Å². The maximum absolute atomic E-state index is 12.2. The van der Waals surface area contributed by atoms with Crippen molar-refractivity contribution in [1.29, 1.82) is 0 Å². The van der Waals surface area contributed by atoms with Gasteiger partial charge in [0.15, 0.2) is 5.84 Å². The molecule has 7 heteroatoms. The first kappa shape index (κ1) is 15.6. The molecule has 1 saturated heterocycles. The van der Waals surface area contributed by atoms with E-state index in [-0.39, 0.29) is 5.84 Å². The number of hydrogen-bond donors (Lipinski definition) is 2. The van der Waals surface area contributed by atoms with Gasteiger partial charge < -0.3 is 20.4 Å². The number of ether oxygens (including phenoxy) is 2. The summed E-state index contributed by atoms with van der Waals surface area (Å²) in [6, 6.07) is 0. The maximum Gasteiger partial charge on any atom is 0.410 e. The number of hydrogen-bond acceptors (Lipinski definition) is 5. The summed E-state index contributed by atoms with van der Waals surface area (Å²) in [6.45, 7) is 6.27. The van der Waals surface area contributed by atoms with Crippen molar-refractivity contribution in [1.82, 2.24) is 4.90 Å². The smallest absolute Gasteiger partial charge is 0.410 e. The highest BCUT2D eigenvalue weighted by atomic mass is 16.6. The number of amides is 1. The van der Waals surface area contributed by atoms with E-state index in [1.165, 1.54) is 4.90 Å². The zero-order valence-corrected chi connectivity index (χ0v) is 12.0. The van der Waals surface area contributed by atoms with Gasteiger partial charge in [-0.3, -0.25) is 4.90 Å². The Kier molecular flexibility index (Phi) is 4.62. The Hall–Kier alpha value is -1.50. The number of oxime groups is 1. The molecule has 3 N–H and O–H groups in total. The fourth-order valence-corrected chi connectivity index (χ4v) is 2.07. The molecule has 0 saturated carbocycles. The molecule has 0 spiro atoms. The molecule has 1 aliphatic heterocycles. The van der Waals surface area contributed by atoms with E-state index in [1.54, 1.807) is 27.8 Å². The molecule has 1 heterocycles. The second-order valence-electron chi connectivity index (χ2n) is 5.67. The van der Waals surface area contributed by atoms with Crippen LogP contribution >= 0.6 is 0 Å². The Labute approximate surface area is 113 Å². The van der Waals surface area contributed by atoms with Gasteiger partial charge in [0.05, 0.1) is 0 Å². The first-order valence-electron chi connectivity index (χ1n) is 6.25. The van der Waals surface area contributed by atoms with E-state index in [1.807, 2.05) is 0 Å². The van der Waals surface area contributed by atoms with Crippen molar-refractivity contribution in [3.8, 4) is 0 Å². The molecule has 0 bridgehead atoms. The van der Waals surface area contributed by atoms with Gasteiger partial charge in [-0.05, 0) is 20.8 Å². The average molecular weight is 273 g/mol. The van der Waals surface area contributed by atoms with Gasteiger partial charge in [-0.1, -0.05) is 5.16 Å². The number of carbonyl (C=O) groups is 1. The second-order valence-corrected chi connectivity index (χ2v) is 5.67. The molecular formula is C12H23N3O4. The first-order valence-corrected chi connectivity index (χ1v) is 6.25. The van der Waals surface area contributed by atoms with Crippen LogP contribution in [0.4, 0.5) is 4.79 Å². The number of rotatable bonds is 2. The van der Waals surface area contributed by atoms with Gasteiger partial charge >= 0.3 is 6.09 Å². The third-order valence-electron chi connectivity index (χ3n) is 3.21. The van der Waals surface area contributed by atoms with Crippen LogP contribution in [0.2, 0.25) is 0 Å². The molecule has 0 atom stereocenters. The lowest BCUT2D eigenvalue weighted by atomic mass is 9.87. The van der Waals surface area contributed by atoms with Crippen LogP contribution in [-0.2, 0) is 9.47 Å². The van der Waals surface area contributed by atoms with Crippen molar-refractivity contribution >= 4 is 11.9 Å². The summed E-state index contributed by atoms with van der Waals surface area (Å²) in [5.74, 6) is 0.00385. The van der Waals surface area contributed by atoms with Crippen LogP contribution in [0.1, 0.15) is 33.6 Å². The minimum absolute atomic E-state index is 0.00385. The van der Waals surface area contributed by atoms with Gasteiger partial charge in [-0.25, -0.2) is 4.79 Å². The number of nitrogens with zero attached hydrogens (tertiary/aromatic N) is 2. The molecule has 1 aliphatic rings. The predicted octanol–water partition coefficient (Wildman–Crippen LogP) is 1.15. The minimum atomic E-state index is -0.852. The Bertz CT molecular complexity index is 356. The van der Waals surface area contributed by atoms with Crippen LogP contribution in [0.5, 0.6) is 0 Å². The van der Waals surface area contributed by atoms with E-state index in [0.717, 1.165) is 0 Å². The molecule has 1 amide bonds. The van der Waals surface area contributed by atoms with Crippen molar-refractivity contribution in [2.24, 2.45) is 10.9 Å². The molecule has 1 rings (SSSR count). The third-order valence-corrected chi connectivity index (χ3v) is 3.21. The van der Waals surface area contributed by atoms with Crippen molar-refractivity contribution in [2.45, 2.75) is 44.8 Å². The molecule has 0 radical (unpaired) electrons. The molecular weight excluding hydrogens is 250 g/mol. The van der Waals surface area contributed by atoms with Crippen molar-refractivity contribution in [3.05, 3.63) is 0 Å². The molecule has 110 valence electrons. The summed E-state index contributed by atoms with van der Waals surface area (Å²) in [6.07, 6.45) is 0.443. The lowest BCUT2D eigenvalue weighted by molar-refractivity contribution is -0.0142. The summed E-state index contributed by atoms with van der Waals surface area (Å²) in [5.41, 5.74) is 4.33. The van der Waals surface area contributed by atoms with E-state index in [0.29, 0.717) is 26.1 Å². The van der Waals surface area contributed by atoms with Gasteiger partial charge in [0.2, 0.25) is 0 Å². The summed E-state index contributed by atoms with van der Waals surface area (Å²) >= 11 is 0. The number of likely N-dealkylation sites (N-methyl/N-ethyl adjacent to an activating group) is 1. The quantitative estimate of drug-likeness (QED) is 0.340. The highest BCUT2D eigenvalue weighted by molar-refractivity contribution is 5.92. The van der Waals surface area contributed by atoms with E-state index < -0.39 is 17.2 Å². The predicted molar refractivity (Wildman–Crippen MR) is 70.2 cm³/mol. The van der Waals surface area contributed by atoms with E-state index in [2.05, 4.69) is 5.16 Å². The fraction of sp³-hybridized carbons (Fsp3) is 0.833. The zero-order valence-electron chi connectivity index (χ0n) is 12.0.